The van der Waals surface area contributed by atoms with Crippen LogP contribution in [0.2, 0.25) is 10.0 Å². The van der Waals surface area contributed by atoms with Crippen LogP contribution in [0.1, 0.15) is 22.8 Å². The van der Waals surface area contributed by atoms with E-state index in [0.29, 0.717) is 29.9 Å². The molecule has 2 aromatic rings. The van der Waals surface area contributed by atoms with Gasteiger partial charge in [0.25, 0.3) is 0 Å². The van der Waals surface area contributed by atoms with Gasteiger partial charge in [-0.1, -0.05) is 29.3 Å². The Balaban J connectivity index is 1.83. The van der Waals surface area contributed by atoms with Gasteiger partial charge in [0.15, 0.2) is 5.78 Å². The molecule has 146 valence electrons. The van der Waals surface area contributed by atoms with Gasteiger partial charge in [0.2, 0.25) is 10.0 Å². The van der Waals surface area contributed by atoms with E-state index >= 15 is 0 Å². The molecule has 0 aliphatic carbocycles. The Morgan fingerprint density at radius 3 is 2.39 bits per heavy atom. The third-order valence-corrected chi connectivity index (χ3v) is 7.51. The Bertz CT molecular complexity index is 1070. The van der Waals surface area contributed by atoms with Crippen LogP contribution >= 0.6 is 23.2 Å². The van der Waals surface area contributed by atoms with E-state index in [2.05, 4.69) is 6.07 Å². The van der Waals surface area contributed by atoms with Crippen molar-refractivity contribution in [3.8, 4) is 6.07 Å². The second-order valence-electron chi connectivity index (χ2n) is 6.34. The van der Waals surface area contributed by atoms with E-state index < -0.39 is 10.0 Å². The summed E-state index contributed by atoms with van der Waals surface area (Å²) >= 11 is 12.0. The zero-order valence-electron chi connectivity index (χ0n) is 15.0. The van der Waals surface area contributed by atoms with Crippen molar-refractivity contribution in [2.45, 2.75) is 11.8 Å². The zero-order chi connectivity index (χ0) is 20.5. The number of Topliss-reactive ketones (excluding diaryl/α,β-unsaturated/α-hetero) is 1. The molecule has 1 heterocycles. The fraction of sp³-hybridized carbons (Fsp3) is 0.263. The maximum Gasteiger partial charge on any atom is 0.244 e. The number of hydrogen-bond donors (Lipinski definition) is 0. The molecule has 0 radical (unpaired) electrons. The van der Waals surface area contributed by atoms with Crippen LogP contribution in [0.25, 0.3) is 0 Å². The van der Waals surface area contributed by atoms with Gasteiger partial charge in [-0.2, -0.15) is 9.57 Å². The predicted molar refractivity (Wildman–Crippen MR) is 109 cm³/mol. The van der Waals surface area contributed by atoms with Gasteiger partial charge < -0.3 is 4.90 Å². The molecule has 0 N–H and O–H groups in total. The normalized spacial score (nSPS) is 15.3. The van der Waals surface area contributed by atoms with Gasteiger partial charge in [-0.15, -0.1) is 0 Å². The van der Waals surface area contributed by atoms with E-state index in [-0.39, 0.29) is 33.8 Å². The molecule has 0 amide bonds. The lowest BCUT2D eigenvalue weighted by atomic mass is 10.1. The van der Waals surface area contributed by atoms with Crippen LogP contribution < -0.4 is 4.90 Å². The lowest BCUT2D eigenvalue weighted by Gasteiger charge is -2.36. The highest BCUT2D eigenvalue weighted by atomic mass is 35.5. The Hall–Kier alpha value is -2.11. The first kappa shape index (κ1) is 20.6. The Kier molecular flexibility index (Phi) is 5.96. The number of piperazine rings is 1. The van der Waals surface area contributed by atoms with Crippen LogP contribution in [-0.2, 0) is 10.0 Å². The molecule has 6 nitrogen and oxygen atoms in total. The molecule has 0 aromatic heterocycles. The highest BCUT2D eigenvalue weighted by Crippen LogP contribution is 2.32. The molecular weight excluding hydrogens is 421 g/mol. The van der Waals surface area contributed by atoms with E-state index in [1.54, 1.807) is 24.3 Å². The van der Waals surface area contributed by atoms with Crippen molar-refractivity contribution in [3.63, 3.8) is 0 Å². The summed E-state index contributed by atoms with van der Waals surface area (Å²) in [5.41, 5.74) is 1.59. The molecule has 2 aromatic carbocycles. The summed E-state index contributed by atoms with van der Waals surface area (Å²) in [5, 5.41) is 9.56. The molecule has 1 aliphatic rings. The van der Waals surface area contributed by atoms with Gasteiger partial charge in [0.1, 0.15) is 11.0 Å². The minimum absolute atomic E-state index is 0.00697. The molecule has 0 saturated carbocycles. The smallest absolute Gasteiger partial charge is 0.244 e. The molecule has 0 spiro atoms. The highest BCUT2D eigenvalue weighted by molar-refractivity contribution is 7.89. The fourth-order valence-corrected chi connectivity index (χ4v) is 5.26. The third-order valence-electron chi connectivity index (χ3n) is 4.64. The molecule has 9 heteroatoms. The molecule has 0 unspecified atom stereocenters. The van der Waals surface area contributed by atoms with E-state index in [1.807, 2.05) is 4.90 Å². The first-order valence-corrected chi connectivity index (χ1v) is 10.7. The van der Waals surface area contributed by atoms with Crippen molar-refractivity contribution >= 4 is 44.7 Å². The number of benzene rings is 2. The molecular formula is C19H17Cl2N3O3S. The van der Waals surface area contributed by atoms with Crippen LogP contribution in [0.4, 0.5) is 5.69 Å². The molecule has 0 bridgehead atoms. The molecule has 1 saturated heterocycles. The predicted octanol–water partition coefficient (Wildman–Crippen LogP) is 3.58. The highest BCUT2D eigenvalue weighted by Gasteiger charge is 2.31. The molecule has 1 aliphatic heterocycles. The number of carbonyl (C=O) groups excluding carboxylic acids is 1. The van der Waals surface area contributed by atoms with Crippen molar-refractivity contribution in [1.82, 2.24) is 4.31 Å². The van der Waals surface area contributed by atoms with Crippen LogP contribution in [0.3, 0.4) is 0 Å². The monoisotopic (exact) mass is 437 g/mol. The first-order chi connectivity index (χ1) is 13.3. The minimum atomic E-state index is -3.79. The summed E-state index contributed by atoms with van der Waals surface area (Å²) in [7, 11) is -3.79. The number of halogens is 2. The lowest BCUT2D eigenvalue weighted by molar-refractivity contribution is 0.101. The maximum absolute atomic E-state index is 12.9. The number of rotatable bonds is 4. The van der Waals surface area contributed by atoms with Gasteiger partial charge in [0, 0.05) is 31.7 Å². The number of nitrogens with zero attached hydrogens (tertiary/aromatic N) is 3. The number of ketones is 1. The number of sulfonamides is 1. The van der Waals surface area contributed by atoms with E-state index in [9.17, 15) is 18.5 Å². The van der Waals surface area contributed by atoms with Gasteiger partial charge in [-0.3, -0.25) is 4.79 Å². The van der Waals surface area contributed by atoms with E-state index in [1.165, 1.54) is 23.4 Å². The van der Waals surface area contributed by atoms with Crippen molar-refractivity contribution < 1.29 is 13.2 Å². The third kappa shape index (κ3) is 3.87. The lowest BCUT2D eigenvalue weighted by Crippen LogP contribution is -2.49. The van der Waals surface area contributed by atoms with Crippen molar-refractivity contribution in [2.75, 3.05) is 31.1 Å². The molecule has 28 heavy (non-hydrogen) atoms. The minimum Gasteiger partial charge on any atom is -0.368 e. The topological polar surface area (TPSA) is 81.5 Å². The van der Waals surface area contributed by atoms with Gasteiger partial charge in [0.05, 0.1) is 21.3 Å². The van der Waals surface area contributed by atoms with E-state index in [0.717, 1.165) is 0 Å². The van der Waals surface area contributed by atoms with Crippen LogP contribution in [0, 0.1) is 11.3 Å². The number of nitriles is 1. The van der Waals surface area contributed by atoms with Crippen LogP contribution in [-0.4, -0.2) is 44.7 Å². The summed E-state index contributed by atoms with van der Waals surface area (Å²) in [6.45, 7) is 2.67. The Morgan fingerprint density at radius 1 is 1.11 bits per heavy atom. The standard InChI is InChI=1S/C19H17Cl2N3O3S/c1-13(25)14-5-6-15(12-22)17(11-14)23-7-9-24(10-8-23)28(26,27)18-4-2-3-16(20)19(18)21/h2-6,11H,7-10H2,1H3. The molecule has 3 rings (SSSR count). The quantitative estimate of drug-likeness (QED) is 0.682. The Labute approximate surface area is 173 Å². The van der Waals surface area contributed by atoms with Crippen molar-refractivity contribution in [1.29, 1.82) is 5.26 Å². The average Bonchev–Trinajstić information content (AvgIpc) is 2.69. The Morgan fingerprint density at radius 2 is 1.79 bits per heavy atom. The fourth-order valence-electron chi connectivity index (χ4n) is 3.10. The second kappa shape index (κ2) is 8.10. The summed E-state index contributed by atoms with van der Waals surface area (Å²) < 4.78 is 27.2. The first-order valence-electron chi connectivity index (χ1n) is 8.50. The summed E-state index contributed by atoms with van der Waals surface area (Å²) in [6.07, 6.45) is 0. The van der Waals surface area contributed by atoms with E-state index in [4.69, 9.17) is 23.2 Å². The van der Waals surface area contributed by atoms with Crippen LogP contribution in [0.5, 0.6) is 0 Å². The average molecular weight is 438 g/mol. The zero-order valence-corrected chi connectivity index (χ0v) is 17.4. The SMILES string of the molecule is CC(=O)c1ccc(C#N)c(N2CCN(S(=O)(=O)c3cccc(Cl)c3Cl)CC2)c1. The van der Waals surface area contributed by atoms with Crippen LogP contribution in [0.15, 0.2) is 41.3 Å². The van der Waals surface area contributed by atoms with Gasteiger partial charge >= 0.3 is 0 Å². The van der Waals surface area contributed by atoms with Crippen molar-refractivity contribution in [2.24, 2.45) is 0 Å². The number of hydrogen-bond acceptors (Lipinski definition) is 5. The second-order valence-corrected chi connectivity index (χ2v) is 9.03. The molecule has 1 fully saturated rings. The van der Waals surface area contributed by atoms with Gasteiger partial charge in [-0.05, 0) is 37.3 Å². The molecule has 0 atom stereocenters. The summed E-state index contributed by atoms with van der Waals surface area (Å²) in [6, 6.07) is 11.5. The maximum atomic E-state index is 12.9. The number of anilines is 1. The summed E-state index contributed by atoms with van der Waals surface area (Å²) in [4.78, 5) is 13.6. The largest absolute Gasteiger partial charge is 0.368 e. The summed E-state index contributed by atoms with van der Waals surface area (Å²) in [5.74, 6) is -0.0949. The van der Waals surface area contributed by atoms with Crippen molar-refractivity contribution in [3.05, 3.63) is 57.6 Å². The number of carbonyl (C=O) groups is 1. The van der Waals surface area contributed by atoms with Gasteiger partial charge in [-0.25, -0.2) is 8.42 Å².